The number of hydrogen-bond acceptors (Lipinski definition) is 7. The lowest BCUT2D eigenvalue weighted by molar-refractivity contribution is 0.669. The Morgan fingerprint density at radius 3 is 1.44 bits per heavy atom. The van der Waals surface area contributed by atoms with E-state index in [0.717, 1.165) is 84.5 Å². The van der Waals surface area contributed by atoms with Crippen LogP contribution >= 0.6 is 23.5 Å². The molecule has 5 nitrogen and oxygen atoms in total. The van der Waals surface area contributed by atoms with Gasteiger partial charge in [0.15, 0.2) is 0 Å². The summed E-state index contributed by atoms with van der Waals surface area (Å²) < 4.78 is 6.79. The molecule has 13 aromatic rings. The zero-order valence-corrected chi connectivity index (χ0v) is 45.4. The molecule has 0 radical (unpaired) electrons. The van der Waals surface area contributed by atoms with Crippen LogP contribution in [0.3, 0.4) is 0 Å². The fourth-order valence-corrected chi connectivity index (χ4v) is 15.9. The van der Waals surface area contributed by atoms with E-state index in [9.17, 15) is 0 Å². The van der Waals surface area contributed by atoms with E-state index < -0.39 is 0 Å². The number of benzene rings is 12. The highest BCUT2D eigenvalue weighted by molar-refractivity contribution is 8.01. The number of furan rings is 1. The second-order valence-electron chi connectivity index (χ2n) is 21.1. The molecule has 0 N–H and O–H groups in total. The van der Waals surface area contributed by atoms with Crippen molar-refractivity contribution < 1.29 is 4.42 Å². The van der Waals surface area contributed by atoms with E-state index in [1.54, 1.807) is 0 Å². The van der Waals surface area contributed by atoms with Crippen LogP contribution in [0.1, 0.15) is 0 Å². The topological polar surface area (TPSA) is 26.1 Å². The van der Waals surface area contributed by atoms with Crippen molar-refractivity contribution in [3.8, 4) is 0 Å². The smallest absolute Gasteiger partial charge is 0.252 e. The van der Waals surface area contributed by atoms with E-state index in [0.29, 0.717) is 0 Å². The Bertz CT molecular complexity index is 4560. The van der Waals surface area contributed by atoms with E-state index in [-0.39, 0.29) is 13.4 Å². The molecule has 9 heteroatoms. The van der Waals surface area contributed by atoms with Gasteiger partial charge in [-0.05, 0) is 143 Å². The van der Waals surface area contributed by atoms with Gasteiger partial charge in [-0.25, -0.2) is 0 Å². The van der Waals surface area contributed by atoms with Crippen molar-refractivity contribution in [3.63, 3.8) is 0 Å². The van der Waals surface area contributed by atoms with Crippen LogP contribution in [-0.2, 0) is 0 Å². The lowest BCUT2D eigenvalue weighted by atomic mass is 9.31. The summed E-state index contributed by atoms with van der Waals surface area (Å²) >= 11 is 3.82. The molecule has 0 saturated heterocycles. The van der Waals surface area contributed by atoms with Crippen LogP contribution in [0.25, 0.3) is 21.9 Å². The third-order valence-corrected chi connectivity index (χ3v) is 18.9. The number of fused-ring (bicyclic) bond motifs is 11. The summed E-state index contributed by atoms with van der Waals surface area (Å²) in [4.78, 5) is 15.0. The van der Waals surface area contributed by atoms with Crippen molar-refractivity contribution in [2.24, 2.45) is 0 Å². The number of nitrogens with zero attached hydrogens (tertiary/aromatic N) is 4. The summed E-state index contributed by atoms with van der Waals surface area (Å²) in [5, 5.41) is 2.17. The molecular formula is C72H46B2N4OS2. The first-order chi connectivity index (χ1) is 40.2. The van der Waals surface area contributed by atoms with Gasteiger partial charge in [-0.15, -0.1) is 0 Å². The summed E-state index contributed by atoms with van der Waals surface area (Å²) in [5.41, 5.74) is 23.0. The highest BCUT2D eigenvalue weighted by Crippen LogP contribution is 2.52. The molecule has 81 heavy (non-hydrogen) atoms. The van der Waals surface area contributed by atoms with Gasteiger partial charge in [0.1, 0.15) is 11.2 Å². The fourth-order valence-electron chi connectivity index (χ4n) is 13.4. The maximum Gasteiger partial charge on any atom is 0.252 e. The third-order valence-electron chi connectivity index (χ3n) is 16.7. The Morgan fingerprint density at radius 1 is 0.296 bits per heavy atom. The average molecular weight is 1070 g/mol. The Kier molecular flexibility index (Phi) is 10.6. The minimum absolute atomic E-state index is 0.00727. The summed E-state index contributed by atoms with van der Waals surface area (Å²) in [6, 6.07) is 103. The van der Waals surface area contributed by atoms with Crippen LogP contribution in [-0.4, -0.2) is 13.4 Å². The quantitative estimate of drug-likeness (QED) is 0.140. The molecule has 4 aliphatic rings. The Labute approximate surface area is 479 Å². The lowest BCUT2D eigenvalue weighted by Gasteiger charge is -2.45. The SMILES string of the molecule is c1ccc(N(c2ccccc2)c2cc3c4c(c2)Sc2cc5c(cc2B4c2ccccc2S3)B2c3ccccc3N(c3ccccc3)c3cc(N(c4ccccc4)c4ccccc4)cc(c32)N5c2cccc3oc4ccccc4c23)cc1. The van der Waals surface area contributed by atoms with Gasteiger partial charge >= 0.3 is 0 Å². The fraction of sp³-hybridized carbons (Fsp3) is 0. The molecule has 0 aliphatic carbocycles. The van der Waals surface area contributed by atoms with Crippen LogP contribution < -0.4 is 52.4 Å². The molecule has 17 rings (SSSR count). The number of para-hydroxylation sites is 7. The Hall–Kier alpha value is -9.53. The van der Waals surface area contributed by atoms with E-state index in [2.05, 4.69) is 299 Å². The van der Waals surface area contributed by atoms with Crippen molar-refractivity contribution in [2.45, 2.75) is 19.6 Å². The molecule has 0 atom stereocenters. The van der Waals surface area contributed by atoms with Crippen LogP contribution in [0.4, 0.5) is 68.2 Å². The predicted molar refractivity (Wildman–Crippen MR) is 343 cm³/mol. The number of hydrogen-bond donors (Lipinski definition) is 0. The first kappa shape index (κ1) is 46.4. The normalized spacial score (nSPS) is 13.2. The zero-order chi connectivity index (χ0) is 53.1. The lowest BCUT2D eigenvalue weighted by Crippen LogP contribution is -2.64. The Balaban J connectivity index is 0.974. The first-order valence-electron chi connectivity index (χ1n) is 27.6. The van der Waals surface area contributed by atoms with Crippen molar-refractivity contribution in [2.75, 3.05) is 19.6 Å². The molecule has 0 amide bonds. The molecule has 0 saturated carbocycles. The third kappa shape index (κ3) is 7.25. The first-order valence-corrected chi connectivity index (χ1v) is 29.3. The highest BCUT2D eigenvalue weighted by Gasteiger charge is 2.47. The van der Waals surface area contributed by atoms with Crippen LogP contribution in [0.2, 0.25) is 0 Å². The van der Waals surface area contributed by atoms with Gasteiger partial charge in [0.05, 0.1) is 16.8 Å². The predicted octanol–water partition coefficient (Wildman–Crippen LogP) is 16.1. The summed E-state index contributed by atoms with van der Waals surface area (Å²) in [7, 11) is 0. The van der Waals surface area contributed by atoms with Gasteiger partial charge < -0.3 is 24.0 Å². The maximum absolute atomic E-state index is 6.79. The molecule has 0 unspecified atom stereocenters. The van der Waals surface area contributed by atoms with Gasteiger partial charge in [0.2, 0.25) is 6.71 Å². The monoisotopic (exact) mass is 1070 g/mol. The molecule has 0 fully saturated rings. The van der Waals surface area contributed by atoms with Crippen LogP contribution in [0.5, 0.6) is 0 Å². The van der Waals surface area contributed by atoms with Gasteiger partial charge in [0, 0.05) is 81.8 Å². The molecule has 0 bridgehead atoms. The second kappa shape index (κ2) is 18.5. The molecule has 4 aliphatic heterocycles. The van der Waals surface area contributed by atoms with Crippen LogP contribution in [0.15, 0.2) is 303 Å². The van der Waals surface area contributed by atoms with E-state index in [1.165, 1.54) is 58.0 Å². The van der Waals surface area contributed by atoms with Crippen LogP contribution in [0, 0.1) is 0 Å². The van der Waals surface area contributed by atoms with Crippen molar-refractivity contribution in [1.29, 1.82) is 0 Å². The molecular weight excluding hydrogens is 1020 g/mol. The second-order valence-corrected chi connectivity index (χ2v) is 23.3. The summed E-state index contributed by atoms with van der Waals surface area (Å²) in [5.74, 6) is 0. The molecule has 378 valence electrons. The number of rotatable bonds is 8. The zero-order valence-electron chi connectivity index (χ0n) is 43.7. The van der Waals surface area contributed by atoms with Gasteiger partial charge in [-0.3, -0.25) is 0 Å². The van der Waals surface area contributed by atoms with E-state index >= 15 is 0 Å². The Morgan fingerprint density at radius 2 is 0.790 bits per heavy atom. The van der Waals surface area contributed by atoms with E-state index in [4.69, 9.17) is 4.42 Å². The molecule has 5 heterocycles. The molecule has 1 aromatic heterocycles. The largest absolute Gasteiger partial charge is 0.456 e. The summed E-state index contributed by atoms with van der Waals surface area (Å²) in [6.45, 7) is -0.112. The average Bonchev–Trinajstić information content (AvgIpc) is 4.05. The minimum atomic E-state index is -0.120. The summed E-state index contributed by atoms with van der Waals surface area (Å²) in [6.07, 6.45) is 0. The van der Waals surface area contributed by atoms with Gasteiger partial charge in [-0.1, -0.05) is 192 Å². The van der Waals surface area contributed by atoms with Crippen molar-refractivity contribution in [3.05, 3.63) is 279 Å². The number of anilines is 12. The van der Waals surface area contributed by atoms with Gasteiger partial charge in [-0.2, -0.15) is 0 Å². The van der Waals surface area contributed by atoms with Crippen molar-refractivity contribution >= 4 is 160 Å². The van der Waals surface area contributed by atoms with Gasteiger partial charge in [0.25, 0.3) is 6.71 Å². The highest BCUT2D eigenvalue weighted by atomic mass is 32.2. The standard InChI is InChI=1S/C72H46B2N4OS2/c1-6-23-47(24-7-1)75(48-25-8-2-9-26-48)52-41-62-71-63(42-52)78(60-37-22-39-65-70(60)54-33-16-20-38-64(54)79-65)61-46-67-58(45-57(61)73(71)55-34-17-19-36-59(55)77(62)51-31-14-5-15-32-51)74-56-35-18-21-40-66(56)80-68-43-53(44-69(81-67)72(68)74)76(49-27-10-3-11-28-49)50-29-12-4-13-30-50/h1-46H. The van der Waals surface area contributed by atoms with E-state index in [1.807, 2.05) is 23.5 Å². The minimum Gasteiger partial charge on any atom is -0.456 e. The van der Waals surface area contributed by atoms with Crippen molar-refractivity contribution in [1.82, 2.24) is 0 Å². The molecule has 0 spiro atoms. The molecule has 12 aromatic carbocycles. The maximum atomic E-state index is 6.79.